The summed E-state index contributed by atoms with van der Waals surface area (Å²) in [6.07, 6.45) is 0. The highest BCUT2D eigenvalue weighted by atomic mass is 35.5. The average Bonchev–Trinajstić information content (AvgIpc) is 2.41. The molecule has 1 aromatic rings. The van der Waals surface area contributed by atoms with Crippen LogP contribution in [-0.4, -0.2) is 11.7 Å². The maximum atomic E-state index is 10.4. The van der Waals surface area contributed by atoms with Crippen molar-refractivity contribution in [2.45, 2.75) is 6.92 Å². The number of carbonyl (C=O) groups excluding carboxylic acids is 1. The summed E-state index contributed by atoms with van der Waals surface area (Å²) in [6.45, 7) is 1.69. The SMILES string of the molecule is C/C(=N\NC(N)=O)c1cc(Cl)sc1Cl. The summed E-state index contributed by atoms with van der Waals surface area (Å²) in [5, 5.41) is 3.72. The Balaban J connectivity index is 2.88. The zero-order chi connectivity index (χ0) is 10.7. The van der Waals surface area contributed by atoms with Gasteiger partial charge >= 0.3 is 6.03 Å². The molecule has 3 N–H and O–H groups in total. The van der Waals surface area contributed by atoms with E-state index in [0.717, 1.165) is 0 Å². The van der Waals surface area contributed by atoms with Gasteiger partial charge in [0.05, 0.1) is 10.0 Å². The molecule has 14 heavy (non-hydrogen) atoms. The molecule has 2 amide bonds. The molecule has 0 atom stereocenters. The molecule has 1 aromatic heterocycles. The third kappa shape index (κ3) is 2.87. The number of halogens is 2. The zero-order valence-corrected chi connectivity index (χ0v) is 9.50. The fourth-order valence-corrected chi connectivity index (χ4v) is 2.35. The molecule has 0 saturated heterocycles. The minimum Gasteiger partial charge on any atom is -0.350 e. The van der Waals surface area contributed by atoms with Crippen LogP contribution in [-0.2, 0) is 0 Å². The quantitative estimate of drug-likeness (QED) is 0.616. The summed E-state index contributed by atoms with van der Waals surface area (Å²) in [4.78, 5) is 10.4. The Morgan fingerprint density at radius 3 is 2.71 bits per heavy atom. The summed E-state index contributed by atoms with van der Waals surface area (Å²) in [5.41, 5.74) is 8.20. The summed E-state index contributed by atoms with van der Waals surface area (Å²) in [7, 11) is 0. The van der Waals surface area contributed by atoms with Crippen molar-refractivity contribution in [1.82, 2.24) is 5.43 Å². The number of primary amides is 1. The summed E-state index contributed by atoms with van der Waals surface area (Å²) in [6, 6.07) is 0.956. The molecule has 0 spiro atoms. The Morgan fingerprint density at radius 1 is 1.64 bits per heavy atom. The molecule has 0 aromatic carbocycles. The van der Waals surface area contributed by atoms with Gasteiger partial charge in [-0.05, 0) is 13.0 Å². The normalized spacial score (nSPS) is 11.5. The second-order valence-corrected chi connectivity index (χ2v) is 4.70. The second-order valence-electron chi connectivity index (χ2n) is 2.41. The van der Waals surface area contributed by atoms with Crippen molar-refractivity contribution in [2.24, 2.45) is 10.8 Å². The van der Waals surface area contributed by atoms with Gasteiger partial charge in [0.1, 0.15) is 4.34 Å². The van der Waals surface area contributed by atoms with Crippen LogP contribution in [0.2, 0.25) is 8.67 Å². The molecule has 0 radical (unpaired) electrons. The van der Waals surface area contributed by atoms with E-state index in [4.69, 9.17) is 28.9 Å². The van der Waals surface area contributed by atoms with Crippen LogP contribution in [0.3, 0.4) is 0 Å². The number of urea groups is 1. The van der Waals surface area contributed by atoms with Crippen molar-refractivity contribution in [3.05, 3.63) is 20.3 Å². The van der Waals surface area contributed by atoms with Gasteiger partial charge in [-0.25, -0.2) is 10.2 Å². The highest BCUT2D eigenvalue weighted by molar-refractivity contribution is 7.20. The number of amides is 2. The van der Waals surface area contributed by atoms with Crippen LogP contribution in [0.1, 0.15) is 12.5 Å². The van der Waals surface area contributed by atoms with Gasteiger partial charge in [0.25, 0.3) is 0 Å². The third-order valence-electron chi connectivity index (χ3n) is 1.38. The van der Waals surface area contributed by atoms with Crippen molar-refractivity contribution >= 4 is 46.3 Å². The van der Waals surface area contributed by atoms with Crippen LogP contribution in [0.25, 0.3) is 0 Å². The largest absolute Gasteiger partial charge is 0.350 e. The molecule has 76 valence electrons. The molecule has 0 bridgehead atoms. The van der Waals surface area contributed by atoms with Crippen molar-refractivity contribution in [3.8, 4) is 0 Å². The van der Waals surface area contributed by atoms with Gasteiger partial charge in [-0.1, -0.05) is 23.2 Å². The van der Waals surface area contributed by atoms with E-state index in [2.05, 4.69) is 10.5 Å². The Hall–Kier alpha value is -0.780. The molecule has 1 rings (SSSR count). The number of rotatable bonds is 2. The molecular formula is C7H7Cl2N3OS. The van der Waals surface area contributed by atoms with E-state index in [1.54, 1.807) is 13.0 Å². The predicted octanol–water partition coefficient (Wildman–Crippen LogP) is 2.45. The van der Waals surface area contributed by atoms with E-state index in [9.17, 15) is 4.79 Å². The predicted molar refractivity (Wildman–Crippen MR) is 59.3 cm³/mol. The standard InChI is InChI=1S/C7H7Cl2N3OS/c1-3(11-12-7(10)13)4-2-5(8)14-6(4)9/h2H,1H3,(H3,10,12,13)/b11-3+. The first kappa shape index (κ1) is 11.3. The summed E-state index contributed by atoms with van der Waals surface area (Å²) >= 11 is 12.8. The number of nitrogens with one attached hydrogen (secondary N) is 1. The van der Waals surface area contributed by atoms with Gasteiger partial charge < -0.3 is 5.73 Å². The molecule has 0 aliphatic heterocycles. The number of nitrogens with two attached hydrogens (primary N) is 1. The van der Waals surface area contributed by atoms with E-state index in [0.29, 0.717) is 19.9 Å². The first-order valence-electron chi connectivity index (χ1n) is 3.55. The monoisotopic (exact) mass is 251 g/mol. The maximum Gasteiger partial charge on any atom is 0.332 e. The molecule has 4 nitrogen and oxygen atoms in total. The highest BCUT2D eigenvalue weighted by Gasteiger charge is 2.08. The molecule has 7 heteroatoms. The molecule has 0 aliphatic carbocycles. The second kappa shape index (κ2) is 4.63. The molecule has 0 aliphatic rings. The minimum atomic E-state index is -0.721. The first-order valence-corrected chi connectivity index (χ1v) is 5.13. The molecule has 0 saturated carbocycles. The van der Waals surface area contributed by atoms with Gasteiger partial charge in [-0.2, -0.15) is 5.10 Å². The fourth-order valence-electron chi connectivity index (χ4n) is 0.786. The number of carbonyl (C=O) groups is 1. The Bertz CT molecular complexity index is 388. The van der Waals surface area contributed by atoms with Crippen LogP contribution in [0.15, 0.2) is 11.2 Å². The van der Waals surface area contributed by atoms with Crippen molar-refractivity contribution in [3.63, 3.8) is 0 Å². The lowest BCUT2D eigenvalue weighted by Crippen LogP contribution is -2.25. The van der Waals surface area contributed by atoms with Crippen molar-refractivity contribution < 1.29 is 4.79 Å². The van der Waals surface area contributed by atoms with E-state index >= 15 is 0 Å². The maximum absolute atomic E-state index is 10.4. The first-order chi connectivity index (χ1) is 6.50. The lowest BCUT2D eigenvalue weighted by molar-refractivity contribution is 0.249. The molecule has 0 unspecified atom stereocenters. The summed E-state index contributed by atoms with van der Waals surface area (Å²) in [5.74, 6) is 0. The smallest absolute Gasteiger partial charge is 0.332 e. The van der Waals surface area contributed by atoms with Crippen LogP contribution in [0.5, 0.6) is 0 Å². The van der Waals surface area contributed by atoms with E-state index in [1.807, 2.05) is 0 Å². The van der Waals surface area contributed by atoms with Gasteiger partial charge in [-0.3, -0.25) is 0 Å². The van der Waals surface area contributed by atoms with Crippen LogP contribution in [0, 0.1) is 0 Å². The molecule has 0 fully saturated rings. The van der Waals surface area contributed by atoms with Crippen LogP contribution >= 0.6 is 34.5 Å². The Morgan fingerprint density at radius 2 is 2.29 bits per heavy atom. The van der Waals surface area contributed by atoms with Gasteiger partial charge in [0.15, 0.2) is 0 Å². The minimum absolute atomic E-state index is 0.530. The average molecular weight is 252 g/mol. The fraction of sp³-hybridized carbons (Fsp3) is 0.143. The lowest BCUT2D eigenvalue weighted by Gasteiger charge is -1.97. The summed E-state index contributed by atoms with van der Waals surface area (Å²) < 4.78 is 1.10. The van der Waals surface area contributed by atoms with Crippen molar-refractivity contribution in [2.75, 3.05) is 0 Å². The van der Waals surface area contributed by atoms with Crippen LogP contribution < -0.4 is 11.2 Å². The zero-order valence-electron chi connectivity index (χ0n) is 7.17. The number of hydrogen-bond acceptors (Lipinski definition) is 3. The van der Waals surface area contributed by atoms with E-state index in [1.165, 1.54) is 11.3 Å². The molecule has 1 heterocycles. The number of hydrazone groups is 1. The van der Waals surface area contributed by atoms with Crippen molar-refractivity contribution in [1.29, 1.82) is 0 Å². The number of hydrogen-bond donors (Lipinski definition) is 2. The van der Waals surface area contributed by atoms with Gasteiger partial charge in [0.2, 0.25) is 0 Å². The van der Waals surface area contributed by atoms with Gasteiger partial charge in [-0.15, -0.1) is 11.3 Å². The Kier molecular flexibility index (Phi) is 3.74. The number of thiophene rings is 1. The van der Waals surface area contributed by atoms with Crippen LogP contribution in [0.4, 0.5) is 4.79 Å². The Labute approximate surface area is 94.7 Å². The topological polar surface area (TPSA) is 67.5 Å². The third-order valence-corrected chi connectivity index (χ3v) is 2.87. The number of nitrogens with zero attached hydrogens (tertiary/aromatic N) is 1. The highest BCUT2D eigenvalue weighted by Crippen LogP contribution is 2.31. The van der Waals surface area contributed by atoms with Gasteiger partial charge in [0, 0.05) is 5.56 Å². The van der Waals surface area contributed by atoms with E-state index in [-0.39, 0.29) is 0 Å². The molecular weight excluding hydrogens is 245 g/mol. The lowest BCUT2D eigenvalue weighted by atomic mass is 10.2. The van der Waals surface area contributed by atoms with E-state index < -0.39 is 6.03 Å².